The third kappa shape index (κ3) is 5.35. The van der Waals surface area contributed by atoms with Gasteiger partial charge in [-0.3, -0.25) is 4.79 Å². The van der Waals surface area contributed by atoms with E-state index in [0.717, 1.165) is 31.4 Å². The molecule has 0 aliphatic heterocycles. The maximum Gasteiger partial charge on any atom is 0.416 e. The van der Waals surface area contributed by atoms with Crippen LogP contribution < -0.4 is 10.1 Å². The van der Waals surface area contributed by atoms with Gasteiger partial charge in [-0.25, -0.2) is 4.68 Å². The van der Waals surface area contributed by atoms with E-state index in [1.807, 2.05) is 13.8 Å². The average Bonchev–Trinajstić information content (AvgIpc) is 3.15. The number of hydrogen-bond donors (Lipinski definition) is 1. The number of nitrogens with zero attached hydrogens (tertiary/aromatic N) is 3. The van der Waals surface area contributed by atoms with Gasteiger partial charge in [0.1, 0.15) is 0 Å². The van der Waals surface area contributed by atoms with Gasteiger partial charge in [0.15, 0.2) is 5.82 Å². The molecular formula is C24H25F3N4O2. The number of hydrogen-bond acceptors (Lipinski definition) is 4. The number of alkyl halides is 3. The van der Waals surface area contributed by atoms with Crippen molar-refractivity contribution >= 4 is 11.6 Å². The minimum absolute atomic E-state index is 0.0248. The molecule has 1 aliphatic rings. The van der Waals surface area contributed by atoms with E-state index < -0.39 is 11.7 Å². The zero-order chi connectivity index (χ0) is 23.6. The van der Waals surface area contributed by atoms with Crippen LogP contribution in [0.2, 0.25) is 0 Å². The lowest BCUT2D eigenvalue weighted by Gasteiger charge is -2.24. The van der Waals surface area contributed by atoms with E-state index in [4.69, 9.17) is 4.74 Å². The van der Waals surface area contributed by atoms with Crippen LogP contribution >= 0.6 is 0 Å². The van der Waals surface area contributed by atoms with Gasteiger partial charge >= 0.3 is 12.2 Å². The Morgan fingerprint density at radius 1 is 1.18 bits per heavy atom. The number of carbonyl (C=O) groups is 1. The summed E-state index contributed by atoms with van der Waals surface area (Å²) in [5, 5.41) is 7.30. The first kappa shape index (κ1) is 22.8. The Labute approximate surface area is 189 Å². The Hall–Kier alpha value is -3.36. The molecule has 0 radical (unpaired) electrons. The Bertz CT molecular complexity index is 1140. The Morgan fingerprint density at radius 3 is 2.61 bits per heavy atom. The minimum Gasteiger partial charge on any atom is -0.462 e. The van der Waals surface area contributed by atoms with Gasteiger partial charge in [0.2, 0.25) is 5.91 Å². The second-order valence-corrected chi connectivity index (χ2v) is 8.58. The average molecular weight is 458 g/mol. The van der Waals surface area contributed by atoms with Crippen molar-refractivity contribution in [2.45, 2.75) is 39.3 Å². The third-order valence-corrected chi connectivity index (χ3v) is 5.42. The van der Waals surface area contributed by atoms with Gasteiger partial charge < -0.3 is 10.1 Å². The SMILES string of the molecule is CC(C)COc1nc(-c2cccc(C(F)(F)F)c2)n(-c2cccc(NC(=O)C3CCC3)c2)n1. The molecule has 0 saturated heterocycles. The number of amides is 1. The van der Waals surface area contributed by atoms with Crippen molar-refractivity contribution < 1.29 is 22.7 Å². The van der Waals surface area contributed by atoms with Crippen LogP contribution in [0.1, 0.15) is 38.7 Å². The number of anilines is 1. The van der Waals surface area contributed by atoms with Gasteiger partial charge in [0.05, 0.1) is 17.9 Å². The molecule has 1 aliphatic carbocycles. The van der Waals surface area contributed by atoms with Gasteiger partial charge in [-0.05, 0) is 49.1 Å². The molecule has 3 aromatic rings. The number of carbonyl (C=O) groups excluding carboxylic acids is 1. The molecule has 0 spiro atoms. The summed E-state index contributed by atoms with van der Waals surface area (Å²) in [5.74, 6) is 0.425. The highest BCUT2D eigenvalue weighted by Gasteiger charge is 2.31. The Morgan fingerprint density at radius 2 is 1.94 bits per heavy atom. The molecule has 0 atom stereocenters. The fourth-order valence-electron chi connectivity index (χ4n) is 3.43. The van der Waals surface area contributed by atoms with Crippen molar-refractivity contribution in [1.29, 1.82) is 0 Å². The molecule has 1 heterocycles. The molecular weight excluding hydrogens is 433 g/mol. The number of nitrogens with one attached hydrogen (secondary N) is 1. The van der Waals surface area contributed by atoms with E-state index in [2.05, 4.69) is 15.4 Å². The van der Waals surface area contributed by atoms with E-state index in [-0.39, 0.29) is 35.1 Å². The zero-order valence-electron chi connectivity index (χ0n) is 18.4. The highest BCUT2D eigenvalue weighted by molar-refractivity contribution is 5.93. The largest absolute Gasteiger partial charge is 0.462 e. The zero-order valence-corrected chi connectivity index (χ0v) is 18.4. The predicted octanol–water partition coefficient (Wildman–Crippen LogP) is 5.73. The van der Waals surface area contributed by atoms with Gasteiger partial charge in [0, 0.05) is 17.2 Å². The lowest BCUT2D eigenvalue weighted by Crippen LogP contribution is -2.28. The van der Waals surface area contributed by atoms with Crippen LogP contribution in [0.5, 0.6) is 6.01 Å². The van der Waals surface area contributed by atoms with E-state index in [1.54, 1.807) is 30.3 Å². The van der Waals surface area contributed by atoms with E-state index >= 15 is 0 Å². The van der Waals surface area contributed by atoms with Crippen LogP contribution in [-0.2, 0) is 11.0 Å². The van der Waals surface area contributed by atoms with Crippen molar-refractivity contribution in [3.63, 3.8) is 0 Å². The van der Waals surface area contributed by atoms with Crippen molar-refractivity contribution in [1.82, 2.24) is 14.8 Å². The van der Waals surface area contributed by atoms with Crippen LogP contribution in [0.25, 0.3) is 17.1 Å². The smallest absolute Gasteiger partial charge is 0.416 e. The second kappa shape index (κ2) is 9.25. The monoisotopic (exact) mass is 458 g/mol. The fraction of sp³-hybridized carbons (Fsp3) is 0.375. The summed E-state index contributed by atoms with van der Waals surface area (Å²) >= 11 is 0. The molecule has 1 amide bonds. The van der Waals surface area contributed by atoms with E-state index in [1.165, 1.54) is 10.7 Å². The van der Waals surface area contributed by atoms with Gasteiger partial charge in [-0.2, -0.15) is 18.2 Å². The highest BCUT2D eigenvalue weighted by Crippen LogP contribution is 2.33. The lowest BCUT2D eigenvalue weighted by molar-refractivity contribution is -0.137. The molecule has 33 heavy (non-hydrogen) atoms. The first-order valence-electron chi connectivity index (χ1n) is 10.9. The minimum atomic E-state index is -4.48. The number of benzene rings is 2. The summed E-state index contributed by atoms with van der Waals surface area (Å²) in [6.07, 6.45) is -1.67. The number of halogens is 3. The van der Waals surface area contributed by atoms with Gasteiger partial charge in [-0.15, -0.1) is 5.10 Å². The molecule has 0 bridgehead atoms. The first-order valence-corrected chi connectivity index (χ1v) is 10.9. The summed E-state index contributed by atoms with van der Waals surface area (Å²) in [7, 11) is 0. The molecule has 0 unspecified atom stereocenters. The lowest BCUT2D eigenvalue weighted by atomic mass is 9.85. The van der Waals surface area contributed by atoms with Crippen molar-refractivity contribution in [3.05, 3.63) is 54.1 Å². The molecule has 1 fully saturated rings. The predicted molar refractivity (Wildman–Crippen MR) is 118 cm³/mol. The molecule has 174 valence electrons. The maximum absolute atomic E-state index is 13.3. The van der Waals surface area contributed by atoms with Gasteiger partial charge in [0.25, 0.3) is 0 Å². The van der Waals surface area contributed by atoms with Gasteiger partial charge in [-0.1, -0.05) is 38.5 Å². The quantitative estimate of drug-likeness (QED) is 0.491. The maximum atomic E-state index is 13.3. The third-order valence-electron chi connectivity index (χ3n) is 5.42. The summed E-state index contributed by atoms with van der Waals surface area (Å²) < 4.78 is 46.9. The van der Waals surface area contributed by atoms with Crippen LogP contribution in [0.4, 0.5) is 18.9 Å². The fourth-order valence-corrected chi connectivity index (χ4v) is 3.43. The molecule has 1 N–H and O–H groups in total. The highest BCUT2D eigenvalue weighted by atomic mass is 19.4. The van der Waals surface area contributed by atoms with Crippen LogP contribution in [0.15, 0.2) is 48.5 Å². The topological polar surface area (TPSA) is 69.0 Å². The summed E-state index contributed by atoms with van der Waals surface area (Å²) in [4.78, 5) is 16.7. The van der Waals surface area contributed by atoms with Crippen molar-refractivity contribution in [3.8, 4) is 23.1 Å². The summed E-state index contributed by atoms with van der Waals surface area (Å²) in [5.41, 5.74) is 0.599. The molecule has 2 aromatic carbocycles. The summed E-state index contributed by atoms with van der Waals surface area (Å²) in [6, 6.07) is 12.0. The normalized spacial score (nSPS) is 14.2. The van der Waals surface area contributed by atoms with E-state index in [9.17, 15) is 18.0 Å². The van der Waals surface area contributed by atoms with Crippen molar-refractivity contribution in [2.24, 2.45) is 11.8 Å². The second-order valence-electron chi connectivity index (χ2n) is 8.58. The molecule has 4 rings (SSSR count). The molecule has 1 aromatic heterocycles. The van der Waals surface area contributed by atoms with Crippen LogP contribution in [-0.4, -0.2) is 27.3 Å². The van der Waals surface area contributed by atoms with Crippen molar-refractivity contribution in [2.75, 3.05) is 11.9 Å². The first-order chi connectivity index (χ1) is 15.7. The molecule has 9 heteroatoms. The number of ether oxygens (including phenoxy) is 1. The standard InChI is InChI=1S/C24H25F3N4O2/c1-15(2)14-33-23-29-21(17-8-4-9-18(12-17)24(25,26)27)31(30-23)20-11-5-10-19(13-20)28-22(32)16-6-3-7-16/h4-5,8-13,15-16H,3,6-7,14H2,1-2H3,(H,28,32). The Kier molecular flexibility index (Phi) is 6.40. The number of aromatic nitrogens is 3. The van der Waals surface area contributed by atoms with E-state index in [0.29, 0.717) is 18.0 Å². The summed E-state index contributed by atoms with van der Waals surface area (Å²) in [6.45, 7) is 4.31. The van der Waals surface area contributed by atoms with Crippen LogP contribution in [0, 0.1) is 11.8 Å². The Balaban J connectivity index is 1.71. The number of rotatable bonds is 7. The molecule has 1 saturated carbocycles. The molecule has 6 nitrogen and oxygen atoms in total. The van der Waals surface area contributed by atoms with Crippen LogP contribution in [0.3, 0.4) is 0 Å².